The van der Waals surface area contributed by atoms with E-state index in [-0.39, 0.29) is 31.0 Å². The molecule has 1 fully saturated rings. The molecule has 2 N–H and O–H groups in total. The van der Waals surface area contributed by atoms with Gasteiger partial charge < -0.3 is 10.5 Å². The summed E-state index contributed by atoms with van der Waals surface area (Å²) in [4.78, 5) is 11.4. The van der Waals surface area contributed by atoms with Gasteiger partial charge >= 0.3 is 0 Å². The second-order valence-corrected chi connectivity index (χ2v) is 9.78. The van der Waals surface area contributed by atoms with E-state index in [1.165, 1.54) is 0 Å². The van der Waals surface area contributed by atoms with Crippen molar-refractivity contribution < 1.29 is 26.7 Å². The molecule has 1 saturated heterocycles. The van der Waals surface area contributed by atoms with E-state index in [4.69, 9.17) is 22.1 Å². The summed E-state index contributed by atoms with van der Waals surface area (Å²) in [5.74, 6) is -2.44. The standard InChI is InChI=1S/C20H21ClF2N2O4S/c21-14-2-4-15(5-3-14)29-13-20(11-19(24)26)8-1-9-25(12-20)30(27,28)16-6-7-17(22)18(23)10-16/h2-7,10H,1,8-9,11-13H2,(H2,24,26)/t20-/m1/s1. The quantitative estimate of drug-likeness (QED) is 0.689. The number of amides is 1. The van der Waals surface area contributed by atoms with Crippen molar-refractivity contribution in [3.8, 4) is 5.75 Å². The molecule has 1 aliphatic rings. The number of halogens is 3. The third-order valence-corrected chi connectivity index (χ3v) is 7.16. The summed E-state index contributed by atoms with van der Waals surface area (Å²) >= 11 is 5.86. The van der Waals surface area contributed by atoms with Crippen molar-refractivity contribution >= 4 is 27.5 Å². The number of sulfonamides is 1. The Morgan fingerprint density at radius 2 is 1.87 bits per heavy atom. The molecule has 6 nitrogen and oxygen atoms in total. The maximum Gasteiger partial charge on any atom is 0.243 e. The van der Waals surface area contributed by atoms with E-state index >= 15 is 0 Å². The molecule has 0 saturated carbocycles. The Morgan fingerprint density at radius 1 is 1.17 bits per heavy atom. The number of hydrogen-bond donors (Lipinski definition) is 1. The van der Waals surface area contributed by atoms with E-state index in [0.717, 1.165) is 16.4 Å². The molecule has 10 heteroatoms. The van der Waals surface area contributed by atoms with Crippen LogP contribution in [0, 0.1) is 17.0 Å². The Hall–Kier alpha value is -2.23. The minimum absolute atomic E-state index is 0.0368. The molecule has 0 aromatic heterocycles. The van der Waals surface area contributed by atoms with E-state index in [9.17, 15) is 22.0 Å². The van der Waals surface area contributed by atoms with Gasteiger partial charge in [-0.05, 0) is 55.3 Å². The number of piperidine rings is 1. The fourth-order valence-electron chi connectivity index (χ4n) is 3.60. The summed E-state index contributed by atoms with van der Waals surface area (Å²) < 4.78 is 59.8. The van der Waals surface area contributed by atoms with Crippen molar-refractivity contribution in [1.82, 2.24) is 4.31 Å². The van der Waals surface area contributed by atoms with Gasteiger partial charge in [0, 0.05) is 29.9 Å². The molecule has 30 heavy (non-hydrogen) atoms. The third-order valence-electron chi connectivity index (χ3n) is 5.06. The smallest absolute Gasteiger partial charge is 0.243 e. The van der Waals surface area contributed by atoms with Gasteiger partial charge in [0.05, 0.1) is 11.5 Å². The highest BCUT2D eigenvalue weighted by atomic mass is 35.5. The van der Waals surface area contributed by atoms with Crippen LogP contribution in [0.4, 0.5) is 8.78 Å². The minimum Gasteiger partial charge on any atom is -0.493 e. The molecular weight excluding hydrogens is 438 g/mol. The number of benzene rings is 2. The lowest BCUT2D eigenvalue weighted by Crippen LogP contribution is -2.50. The molecule has 0 bridgehead atoms. The van der Waals surface area contributed by atoms with Crippen LogP contribution in [0.2, 0.25) is 5.02 Å². The van der Waals surface area contributed by atoms with Gasteiger partial charge in [0.1, 0.15) is 5.75 Å². The van der Waals surface area contributed by atoms with Gasteiger partial charge in [-0.15, -0.1) is 0 Å². The molecular formula is C20H21ClF2N2O4S. The van der Waals surface area contributed by atoms with Crippen molar-refractivity contribution in [3.05, 3.63) is 59.1 Å². The second kappa shape index (κ2) is 8.87. The lowest BCUT2D eigenvalue weighted by atomic mass is 9.78. The lowest BCUT2D eigenvalue weighted by molar-refractivity contribution is -0.121. The van der Waals surface area contributed by atoms with Crippen molar-refractivity contribution in [2.24, 2.45) is 11.1 Å². The van der Waals surface area contributed by atoms with Crippen LogP contribution in [-0.2, 0) is 14.8 Å². The highest BCUT2D eigenvalue weighted by molar-refractivity contribution is 7.89. The largest absolute Gasteiger partial charge is 0.493 e. The number of primary amides is 1. The van der Waals surface area contributed by atoms with Crippen LogP contribution in [0.3, 0.4) is 0 Å². The van der Waals surface area contributed by atoms with Crippen LogP contribution in [0.1, 0.15) is 19.3 Å². The molecule has 1 atom stereocenters. The second-order valence-electron chi connectivity index (χ2n) is 7.40. The van der Waals surface area contributed by atoms with Crippen molar-refractivity contribution in [2.75, 3.05) is 19.7 Å². The van der Waals surface area contributed by atoms with Crippen molar-refractivity contribution in [3.63, 3.8) is 0 Å². The van der Waals surface area contributed by atoms with Crippen molar-refractivity contribution in [1.29, 1.82) is 0 Å². The van der Waals surface area contributed by atoms with Gasteiger partial charge in [0.15, 0.2) is 11.6 Å². The maximum atomic E-state index is 13.6. The molecule has 162 valence electrons. The van der Waals surface area contributed by atoms with Crippen LogP contribution in [0.15, 0.2) is 47.4 Å². The summed E-state index contributed by atoms with van der Waals surface area (Å²) in [6.07, 6.45) is 0.901. The number of ether oxygens (including phenoxy) is 1. The molecule has 1 heterocycles. The van der Waals surface area contributed by atoms with Gasteiger partial charge in [0.25, 0.3) is 0 Å². The van der Waals surface area contributed by atoms with E-state index in [1.807, 2.05) is 0 Å². The lowest BCUT2D eigenvalue weighted by Gasteiger charge is -2.41. The summed E-state index contributed by atoms with van der Waals surface area (Å²) in [6.45, 7) is 0.203. The molecule has 0 radical (unpaired) electrons. The number of carbonyl (C=O) groups is 1. The number of carbonyl (C=O) groups excluding carboxylic acids is 1. The molecule has 0 spiro atoms. The topological polar surface area (TPSA) is 89.7 Å². The zero-order valence-corrected chi connectivity index (χ0v) is 17.6. The maximum absolute atomic E-state index is 13.6. The normalized spacial score (nSPS) is 20.1. The highest BCUT2D eigenvalue weighted by Crippen LogP contribution is 2.37. The van der Waals surface area contributed by atoms with Gasteiger partial charge in [-0.25, -0.2) is 17.2 Å². The summed E-state index contributed by atoms with van der Waals surface area (Å²) in [5.41, 5.74) is 4.58. The van der Waals surface area contributed by atoms with Crippen LogP contribution in [0.25, 0.3) is 0 Å². The zero-order valence-electron chi connectivity index (χ0n) is 16.0. The molecule has 0 unspecified atom stereocenters. The molecule has 3 rings (SSSR count). The number of hydrogen-bond acceptors (Lipinski definition) is 4. The average molecular weight is 459 g/mol. The first-order valence-electron chi connectivity index (χ1n) is 9.23. The fraction of sp³-hybridized carbons (Fsp3) is 0.350. The van der Waals surface area contributed by atoms with Crippen LogP contribution in [0.5, 0.6) is 5.75 Å². The van der Waals surface area contributed by atoms with Gasteiger partial charge in [-0.2, -0.15) is 4.31 Å². The van der Waals surface area contributed by atoms with E-state index in [2.05, 4.69) is 0 Å². The average Bonchev–Trinajstić information content (AvgIpc) is 2.69. The third kappa shape index (κ3) is 5.08. The highest BCUT2D eigenvalue weighted by Gasteiger charge is 2.42. The number of nitrogens with zero attached hydrogens (tertiary/aromatic N) is 1. The Bertz CT molecular complexity index is 1030. The molecule has 2 aromatic rings. The van der Waals surface area contributed by atoms with E-state index in [1.54, 1.807) is 24.3 Å². The Morgan fingerprint density at radius 3 is 2.50 bits per heavy atom. The number of nitrogens with two attached hydrogens (primary N) is 1. The summed E-state index contributed by atoms with van der Waals surface area (Å²) in [6, 6.07) is 9.07. The first-order chi connectivity index (χ1) is 14.1. The molecule has 1 amide bonds. The Kier molecular flexibility index (Phi) is 6.64. The molecule has 0 aliphatic carbocycles. The summed E-state index contributed by atoms with van der Waals surface area (Å²) in [5, 5.41) is 0.538. The fourth-order valence-corrected chi connectivity index (χ4v) is 5.33. The van der Waals surface area contributed by atoms with Crippen molar-refractivity contribution in [2.45, 2.75) is 24.2 Å². The molecule has 2 aromatic carbocycles. The van der Waals surface area contributed by atoms with E-state index < -0.39 is 33.0 Å². The minimum atomic E-state index is -4.10. The summed E-state index contributed by atoms with van der Waals surface area (Å²) in [7, 11) is -4.10. The Labute approximate surface area is 178 Å². The zero-order chi connectivity index (χ0) is 21.9. The Balaban J connectivity index is 1.84. The van der Waals surface area contributed by atoms with Gasteiger partial charge in [-0.3, -0.25) is 4.79 Å². The van der Waals surface area contributed by atoms with Crippen LogP contribution in [-0.4, -0.2) is 38.3 Å². The molecule has 1 aliphatic heterocycles. The predicted molar refractivity (Wildman–Crippen MR) is 108 cm³/mol. The SMILES string of the molecule is NC(=O)C[C@]1(COc2ccc(Cl)cc2)CCCN(S(=O)(=O)c2ccc(F)c(F)c2)C1. The predicted octanol–water partition coefficient (Wildman–Crippen LogP) is 3.34. The van der Waals surface area contributed by atoms with Gasteiger partial charge in [0.2, 0.25) is 15.9 Å². The van der Waals surface area contributed by atoms with Crippen LogP contribution < -0.4 is 10.5 Å². The van der Waals surface area contributed by atoms with Crippen LogP contribution >= 0.6 is 11.6 Å². The van der Waals surface area contributed by atoms with Gasteiger partial charge in [-0.1, -0.05) is 11.6 Å². The monoisotopic (exact) mass is 458 g/mol. The first kappa shape index (κ1) is 22.5. The van der Waals surface area contributed by atoms with E-state index in [0.29, 0.717) is 29.7 Å². The first-order valence-corrected chi connectivity index (χ1v) is 11.1. The number of rotatable bonds is 7.